The first kappa shape index (κ1) is 13.8. The molecule has 1 aliphatic carbocycles. The molecule has 1 heterocycles. The van der Waals surface area contributed by atoms with Gasteiger partial charge in [-0.2, -0.15) is 0 Å². The fraction of sp³-hybridized carbons (Fsp3) is 0.562. The van der Waals surface area contributed by atoms with Crippen molar-refractivity contribution in [3.63, 3.8) is 0 Å². The topological polar surface area (TPSA) is 24.9 Å². The first-order chi connectivity index (χ1) is 9.74. The monoisotopic (exact) mass is 292 g/mol. The lowest BCUT2D eigenvalue weighted by molar-refractivity contribution is 0.278. The molecule has 0 amide bonds. The molecule has 0 spiro atoms. The summed E-state index contributed by atoms with van der Waals surface area (Å²) in [5.41, 5.74) is 0.883. The van der Waals surface area contributed by atoms with E-state index in [1.54, 1.807) is 23.5 Å². The number of nitrogens with one attached hydrogen (secondary N) is 1. The van der Waals surface area contributed by atoms with Crippen LogP contribution in [0.25, 0.3) is 10.2 Å². The Morgan fingerprint density at radius 1 is 1.25 bits per heavy atom. The zero-order chi connectivity index (χ0) is 13.9. The second kappa shape index (κ2) is 6.08. The predicted octanol–water partition coefficient (Wildman–Crippen LogP) is 5.06. The Hall–Kier alpha value is -1.16. The molecule has 0 radical (unpaired) electrons. The minimum atomic E-state index is -0.189. The zero-order valence-electron chi connectivity index (χ0n) is 11.9. The van der Waals surface area contributed by atoms with Crippen LogP contribution in [0.1, 0.15) is 39.0 Å². The average Bonchev–Trinajstić information content (AvgIpc) is 2.87. The zero-order valence-corrected chi connectivity index (χ0v) is 12.7. The van der Waals surface area contributed by atoms with E-state index in [4.69, 9.17) is 0 Å². The van der Waals surface area contributed by atoms with Crippen molar-refractivity contribution in [2.45, 2.75) is 39.0 Å². The molecule has 0 unspecified atom stereocenters. The van der Waals surface area contributed by atoms with Gasteiger partial charge in [-0.1, -0.05) is 37.5 Å². The van der Waals surface area contributed by atoms with Crippen molar-refractivity contribution >= 4 is 26.7 Å². The number of hydrogen-bond acceptors (Lipinski definition) is 3. The van der Waals surface area contributed by atoms with Gasteiger partial charge in [-0.25, -0.2) is 9.37 Å². The van der Waals surface area contributed by atoms with Crippen molar-refractivity contribution in [3.05, 3.63) is 24.0 Å². The summed E-state index contributed by atoms with van der Waals surface area (Å²) in [5, 5.41) is 4.36. The molecule has 108 valence electrons. The minimum Gasteiger partial charge on any atom is -0.361 e. The Kier molecular flexibility index (Phi) is 4.20. The van der Waals surface area contributed by atoms with Crippen molar-refractivity contribution in [1.82, 2.24) is 4.98 Å². The number of benzene rings is 1. The average molecular weight is 292 g/mol. The second-order valence-corrected chi connectivity index (χ2v) is 6.84. The quantitative estimate of drug-likeness (QED) is 0.851. The van der Waals surface area contributed by atoms with Gasteiger partial charge in [0.2, 0.25) is 0 Å². The first-order valence-electron chi connectivity index (χ1n) is 7.54. The first-order valence-corrected chi connectivity index (χ1v) is 8.36. The van der Waals surface area contributed by atoms with Crippen LogP contribution in [-0.2, 0) is 0 Å². The third-order valence-electron chi connectivity index (χ3n) is 4.44. The fourth-order valence-electron chi connectivity index (χ4n) is 3.05. The van der Waals surface area contributed by atoms with E-state index in [-0.39, 0.29) is 5.82 Å². The SMILES string of the molecule is CCC1CCC(CNc2nc3ccc(F)cc3s2)CC1. The Morgan fingerprint density at radius 3 is 2.75 bits per heavy atom. The van der Waals surface area contributed by atoms with Crippen LogP contribution in [0.4, 0.5) is 9.52 Å². The smallest absolute Gasteiger partial charge is 0.183 e. The van der Waals surface area contributed by atoms with Gasteiger partial charge in [0.1, 0.15) is 5.82 Å². The van der Waals surface area contributed by atoms with E-state index in [0.717, 1.165) is 33.7 Å². The summed E-state index contributed by atoms with van der Waals surface area (Å²) in [6, 6.07) is 4.78. The van der Waals surface area contributed by atoms with E-state index in [0.29, 0.717) is 0 Å². The van der Waals surface area contributed by atoms with Gasteiger partial charge in [0, 0.05) is 6.54 Å². The molecule has 1 N–H and O–H groups in total. The highest BCUT2D eigenvalue weighted by atomic mass is 32.1. The molecule has 20 heavy (non-hydrogen) atoms. The largest absolute Gasteiger partial charge is 0.361 e. The number of nitrogens with zero attached hydrogens (tertiary/aromatic N) is 1. The molecule has 1 saturated carbocycles. The molecular weight excluding hydrogens is 271 g/mol. The summed E-state index contributed by atoms with van der Waals surface area (Å²) in [7, 11) is 0. The van der Waals surface area contributed by atoms with Crippen molar-refractivity contribution in [2.24, 2.45) is 11.8 Å². The van der Waals surface area contributed by atoms with Crippen LogP contribution in [0.3, 0.4) is 0 Å². The summed E-state index contributed by atoms with van der Waals surface area (Å²) in [4.78, 5) is 4.51. The van der Waals surface area contributed by atoms with Gasteiger partial charge in [0.15, 0.2) is 5.13 Å². The Labute approximate surface area is 123 Å². The number of aromatic nitrogens is 1. The van der Waals surface area contributed by atoms with Gasteiger partial charge in [0.25, 0.3) is 0 Å². The third-order valence-corrected chi connectivity index (χ3v) is 5.41. The standard InChI is InChI=1S/C16H21FN2S/c1-2-11-3-5-12(6-4-11)10-18-16-19-14-8-7-13(17)9-15(14)20-16/h7-9,11-12H,2-6,10H2,1H3,(H,18,19). The molecular formula is C16H21FN2S. The number of hydrogen-bond donors (Lipinski definition) is 1. The maximum absolute atomic E-state index is 13.2. The van der Waals surface area contributed by atoms with E-state index in [2.05, 4.69) is 17.2 Å². The summed E-state index contributed by atoms with van der Waals surface area (Å²) in [6.45, 7) is 3.29. The molecule has 1 aromatic carbocycles. The normalized spacial score (nSPS) is 23.1. The second-order valence-electron chi connectivity index (χ2n) is 5.81. The number of rotatable bonds is 4. The lowest BCUT2D eigenvalue weighted by Gasteiger charge is -2.27. The van der Waals surface area contributed by atoms with Crippen LogP contribution in [0.15, 0.2) is 18.2 Å². The molecule has 0 bridgehead atoms. The van der Waals surface area contributed by atoms with E-state index >= 15 is 0 Å². The molecule has 0 atom stereocenters. The van der Waals surface area contributed by atoms with Crippen molar-refractivity contribution < 1.29 is 4.39 Å². The summed E-state index contributed by atoms with van der Waals surface area (Å²) < 4.78 is 14.1. The van der Waals surface area contributed by atoms with Gasteiger partial charge in [-0.05, 0) is 42.9 Å². The van der Waals surface area contributed by atoms with Gasteiger partial charge in [-0.3, -0.25) is 0 Å². The Morgan fingerprint density at radius 2 is 2.00 bits per heavy atom. The third kappa shape index (κ3) is 3.11. The van der Waals surface area contributed by atoms with Gasteiger partial charge in [-0.15, -0.1) is 0 Å². The van der Waals surface area contributed by atoms with Crippen LogP contribution in [-0.4, -0.2) is 11.5 Å². The van der Waals surface area contributed by atoms with Gasteiger partial charge >= 0.3 is 0 Å². The molecule has 1 aliphatic rings. The molecule has 1 fully saturated rings. The van der Waals surface area contributed by atoms with Crippen molar-refractivity contribution in [3.8, 4) is 0 Å². The molecule has 0 saturated heterocycles. The van der Waals surface area contributed by atoms with Crippen LogP contribution >= 0.6 is 11.3 Å². The molecule has 3 rings (SSSR count). The molecule has 2 aromatic rings. The number of fused-ring (bicyclic) bond motifs is 1. The van der Waals surface area contributed by atoms with Crippen LogP contribution < -0.4 is 5.32 Å². The number of halogens is 1. The molecule has 4 heteroatoms. The predicted molar refractivity (Wildman–Crippen MR) is 83.8 cm³/mol. The van der Waals surface area contributed by atoms with Crippen LogP contribution in [0.5, 0.6) is 0 Å². The van der Waals surface area contributed by atoms with E-state index < -0.39 is 0 Å². The van der Waals surface area contributed by atoms with Crippen molar-refractivity contribution in [1.29, 1.82) is 0 Å². The van der Waals surface area contributed by atoms with Gasteiger partial charge in [0.05, 0.1) is 10.2 Å². The maximum atomic E-state index is 13.2. The maximum Gasteiger partial charge on any atom is 0.183 e. The van der Waals surface area contributed by atoms with E-state index in [1.165, 1.54) is 38.2 Å². The van der Waals surface area contributed by atoms with Crippen LogP contribution in [0.2, 0.25) is 0 Å². The fourth-order valence-corrected chi connectivity index (χ4v) is 3.95. The molecule has 2 nitrogen and oxygen atoms in total. The Bertz CT molecular complexity index is 573. The van der Waals surface area contributed by atoms with Crippen LogP contribution in [0, 0.1) is 17.7 Å². The summed E-state index contributed by atoms with van der Waals surface area (Å²) in [6.07, 6.45) is 6.71. The van der Waals surface area contributed by atoms with Crippen molar-refractivity contribution in [2.75, 3.05) is 11.9 Å². The lowest BCUT2D eigenvalue weighted by Crippen LogP contribution is -2.20. The molecule has 1 aromatic heterocycles. The number of thiazole rings is 1. The van der Waals surface area contributed by atoms with E-state index in [9.17, 15) is 4.39 Å². The Balaban J connectivity index is 1.57. The minimum absolute atomic E-state index is 0.189. The van der Waals surface area contributed by atoms with E-state index in [1.807, 2.05) is 0 Å². The number of anilines is 1. The highest BCUT2D eigenvalue weighted by Crippen LogP contribution is 2.32. The highest BCUT2D eigenvalue weighted by Gasteiger charge is 2.19. The molecule has 0 aliphatic heterocycles. The summed E-state index contributed by atoms with van der Waals surface area (Å²) >= 11 is 1.54. The highest BCUT2D eigenvalue weighted by molar-refractivity contribution is 7.22. The van der Waals surface area contributed by atoms with Gasteiger partial charge < -0.3 is 5.32 Å². The summed E-state index contributed by atoms with van der Waals surface area (Å²) in [5.74, 6) is 1.52. The lowest BCUT2D eigenvalue weighted by atomic mass is 9.81.